The third kappa shape index (κ3) is 5.46. The van der Waals surface area contributed by atoms with Gasteiger partial charge < -0.3 is 19.5 Å². The second kappa shape index (κ2) is 9.83. The lowest BCUT2D eigenvalue weighted by Gasteiger charge is -2.13. The highest BCUT2D eigenvalue weighted by Crippen LogP contribution is 2.24. The Bertz CT molecular complexity index is 611. The van der Waals surface area contributed by atoms with E-state index in [1.165, 1.54) is 5.56 Å². The SMILES string of the molecule is CCCc1ccc(OCCOc2cc(OC)ccc2CNC)cc1. The molecular formula is C20H27NO3. The van der Waals surface area contributed by atoms with Gasteiger partial charge in [-0.2, -0.15) is 0 Å². The standard InChI is InChI=1S/C20H27NO3/c1-4-5-16-6-9-18(10-7-16)23-12-13-24-20-14-19(22-3)11-8-17(20)15-21-2/h6-11,14,21H,4-5,12-13,15H2,1-3H3. The van der Waals surface area contributed by atoms with Crippen LogP contribution in [-0.4, -0.2) is 27.4 Å². The van der Waals surface area contributed by atoms with E-state index in [-0.39, 0.29) is 0 Å². The van der Waals surface area contributed by atoms with E-state index in [1.807, 2.05) is 37.4 Å². The molecule has 4 heteroatoms. The van der Waals surface area contributed by atoms with Crippen LogP contribution in [0.4, 0.5) is 0 Å². The maximum Gasteiger partial charge on any atom is 0.127 e. The lowest BCUT2D eigenvalue weighted by molar-refractivity contribution is 0.215. The molecule has 2 rings (SSSR count). The summed E-state index contributed by atoms with van der Waals surface area (Å²) >= 11 is 0. The van der Waals surface area contributed by atoms with Gasteiger partial charge in [0.25, 0.3) is 0 Å². The molecule has 2 aromatic rings. The molecule has 0 saturated heterocycles. The van der Waals surface area contributed by atoms with Crippen molar-refractivity contribution in [2.24, 2.45) is 0 Å². The minimum absolute atomic E-state index is 0.487. The van der Waals surface area contributed by atoms with E-state index in [0.717, 1.165) is 42.2 Å². The van der Waals surface area contributed by atoms with Crippen LogP contribution in [0, 0.1) is 0 Å². The number of aryl methyl sites for hydroxylation is 1. The van der Waals surface area contributed by atoms with Crippen LogP contribution in [0.5, 0.6) is 17.2 Å². The van der Waals surface area contributed by atoms with Crippen LogP contribution < -0.4 is 19.5 Å². The minimum atomic E-state index is 0.487. The number of methoxy groups -OCH3 is 1. The highest BCUT2D eigenvalue weighted by atomic mass is 16.5. The molecule has 1 N–H and O–H groups in total. The topological polar surface area (TPSA) is 39.7 Å². The summed E-state index contributed by atoms with van der Waals surface area (Å²) in [5.41, 5.74) is 2.44. The zero-order chi connectivity index (χ0) is 17.2. The maximum absolute atomic E-state index is 5.87. The molecule has 130 valence electrons. The highest BCUT2D eigenvalue weighted by molar-refractivity contribution is 5.40. The van der Waals surface area contributed by atoms with Crippen LogP contribution in [0.25, 0.3) is 0 Å². The molecule has 0 heterocycles. The fraction of sp³-hybridized carbons (Fsp3) is 0.400. The highest BCUT2D eigenvalue weighted by Gasteiger charge is 2.05. The van der Waals surface area contributed by atoms with E-state index in [9.17, 15) is 0 Å². The van der Waals surface area contributed by atoms with Gasteiger partial charge in [0.15, 0.2) is 0 Å². The van der Waals surface area contributed by atoms with Crippen LogP contribution in [0.1, 0.15) is 24.5 Å². The summed E-state index contributed by atoms with van der Waals surface area (Å²) in [6.45, 7) is 3.92. The average molecular weight is 329 g/mol. The van der Waals surface area contributed by atoms with Gasteiger partial charge in [0.1, 0.15) is 30.5 Å². The van der Waals surface area contributed by atoms with Gasteiger partial charge >= 0.3 is 0 Å². The van der Waals surface area contributed by atoms with Crippen molar-refractivity contribution in [3.05, 3.63) is 53.6 Å². The number of hydrogen-bond acceptors (Lipinski definition) is 4. The van der Waals surface area contributed by atoms with E-state index >= 15 is 0 Å². The summed E-state index contributed by atoms with van der Waals surface area (Å²) in [5.74, 6) is 2.49. The Morgan fingerprint density at radius 1 is 0.917 bits per heavy atom. The second-order valence-electron chi connectivity index (χ2n) is 5.59. The number of hydrogen-bond donors (Lipinski definition) is 1. The molecule has 0 saturated carbocycles. The predicted molar refractivity (Wildman–Crippen MR) is 97.2 cm³/mol. The van der Waals surface area contributed by atoms with Gasteiger partial charge in [0.2, 0.25) is 0 Å². The number of benzene rings is 2. The molecule has 0 aliphatic rings. The lowest BCUT2D eigenvalue weighted by Crippen LogP contribution is -2.12. The Morgan fingerprint density at radius 3 is 2.29 bits per heavy atom. The van der Waals surface area contributed by atoms with E-state index < -0.39 is 0 Å². The summed E-state index contributed by atoms with van der Waals surface area (Å²) in [6.07, 6.45) is 2.26. The van der Waals surface area contributed by atoms with Crippen molar-refractivity contribution in [3.8, 4) is 17.2 Å². The Labute approximate surface area is 144 Å². The lowest BCUT2D eigenvalue weighted by atomic mass is 10.1. The molecule has 0 aliphatic carbocycles. The first-order valence-corrected chi connectivity index (χ1v) is 8.43. The number of nitrogens with one attached hydrogen (secondary N) is 1. The molecule has 0 spiro atoms. The summed E-state index contributed by atoms with van der Waals surface area (Å²) in [4.78, 5) is 0. The third-order valence-electron chi connectivity index (χ3n) is 3.71. The predicted octanol–water partition coefficient (Wildman–Crippen LogP) is 3.82. The smallest absolute Gasteiger partial charge is 0.127 e. The van der Waals surface area contributed by atoms with Crippen molar-refractivity contribution in [1.29, 1.82) is 0 Å². The van der Waals surface area contributed by atoms with Gasteiger partial charge in [-0.3, -0.25) is 0 Å². The second-order valence-corrected chi connectivity index (χ2v) is 5.59. The van der Waals surface area contributed by atoms with Crippen molar-refractivity contribution in [2.45, 2.75) is 26.3 Å². The Morgan fingerprint density at radius 2 is 1.62 bits per heavy atom. The molecular weight excluding hydrogens is 302 g/mol. The molecule has 2 aromatic carbocycles. The van der Waals surface area contributed by atoms with Gasteiger partial charge in [-0.15, -0.1) is 0 Å². The van der Waals surface area contributed by atoms with Crippen molar-refractivity contribution in [3.63, 3.8) is 0 Å². The largest absolute Gasteiger partial charge is 0.497 e. The molecule has 24 heavy (non-hydrogen) atoms. The number of rotatable bonds is 10. The summed E-state index contributed by atoms with van der Waals surface area (Å²) in [7, 11) is 3.57. The van der Waals surface area contributed by atoms with Crippen LogP contribution in [0.3, 0.4) is 0 Å². The molecule has 0 radical (unpaired) electrons. The number of ether oxygens (including phenoxy) is 3. The molecule has 0 aromatic heterocycles. The molecule has 0 amide bonds. The fourth-order valence-corrected chi connectivity index (χ4v) is 2.48. The Balaban J connectivity index is 1.85. The van der Waals surface area contributed by atoms with Crippen molar-refractivity contribution < 1.29 is 14.2 Å². The molecule has 0 atom stereocenters. The third-order valence-corrected chi connectivity index (χ3v) is 3.71. The normalized spacial score (nSPS) is 10.5. The zero-order valence-corrected chi connectivity index (χ0v) is 14.8. The quantitative estimate of drug-likeness (QED) is 0.673. The Kier molecular flexibility index (Phi) is 7.43. The molecule has 0 fully saturated rings. The van der Waals surface area contributed by atoms with Crippen molar-refractivity contribution >= 4 is 0 Å². The van der Waals surface area contributed by atoms with E-state index in [4.69, 9.17) is 14.2 Å². The maximum atomic E-state index is 5.87. The first-order valence-electron chi connectivity index (χ1n) is 8.43. The first-order chi connectivity index (χ1) is 11.8. The summed E-state index contributed by atoms with van der Waals surface area (Å²) in [5, 5.41) is 3.14. The van der Waals surface area contributed by atoms with Crippen LogP contribution in [-0.2, 0) is 13.0 Å². The first kappa shape index (κ1) is 18.1. The molecule has 0 unspecified atom stereocenters. The van der Waals surface area contributed by atoms with Crippen molar-refractivity contribution in [1.82, 2.24) is 5.32 Å². The fourth-order valence-electron chi connectivity index (χ4n) is 2.48. The Hall–Kier alpha value is -2.20. The minimum Gasteiger partial charge on any atom is -0.497 e. The van der Waals surface area contributed by atoms with Gasteiger partial charge in [-0.1, -0.05) is 31.5 Å². The van der Waals surface area contributed by atoms with Gasteiger partial charge in [-0.05, 0) is 37.2 Å². The zero-order valence-electron chi connectivity index (χ0n) is 14.8. The average Bonchev–Trinajstić information content (AvgIpc) is 2.61. The van der Waals surface area contributed by atoms with Gasteiger partial charge in [-0.25, -0.2) is 0 Å². The van der Waals surface area contributed by atoms with Gasteiger partial charge in [0, 0.05) is 18.2 Å². The van der Waals surface area contributed by atoms with E-state index in [1.54, 1.807) is 7.11 Å². The van der Waals surface area contributed by atoms with E-state index in [0.29, 0.717) is 13.2 Å². The van der Waals surface area contributed by atoms with E-state index in [2.05, 4.69) is 24.4 Å². The van der Waals surface area contributed by atoms with Crippen molar-refractivity contribution in [2.75, 3.05) is 27.4 Å². The molecule has 4 nitrogen and oxygen atoms in total. The monoisotopic (exact) mass is 329 g/mol. The summed E-state index contributed by atoms with van der Waals surface area (Å²) < 4.78 is 16.9. The molecule has 0 bridgehead atoms. The summed E-state index contributed by atoms with van der Waals surface area (Å²) in [6, 6.07) is 14.1. The van der Waals surface area contributed by atoms with Crippen LogP contribution in [0.2, 0.25) is 0 Å². The van der Waals surface area contributed by atoms with Crippen LogP contribution >= 0.6 is 0 Å². The van der Waals surface area contributed by atoms with Crippen LogP contribution in [0.15, 0.2) is 42.5 Å². The van der Waals surface area contributed by atoms with Gasteiger partial charge in [0.05, 0.1) is 7.11 Å². The molecule has 0 aliphatic heterocycles.